The van der Waals surface area contributed by atoms with Gasteiger partial charge in [-0.25, -0.2) is 0 Å². The lowest BCUT2D eigenvalue weighted by molar-refractivity contribution is -0.954. The van der Waals surface area contributed by atoms with Crippen molar-refractivity contribution in [3.63, 3.8) is 0 Å². The highest BCUT2D eigenvalue weighted by molar-refractivity contribution is 5.15. The van der Waals surface area contributed by atoms with E-state index in [1.54, 1.807) is 0 Å². The minimum absolute atomic E-state index is 1.14. The quantitative estimate of drug-likeness (QED) is 0.0466. The predicted molar refractivity (Wildman–Crippen MR) is 201 cm³/mol. The van der Waals surface area contributed by atoms with Crippen LogP contribution in [0.5, 0.6) is 0 Å². The Balaban J connectivity index is 1.83. The fourth-order valence-electron chi connectivity index (χ4n) is 6.75. The van der Waals surface area contributed by atoms with Gasteiger partial charge in [-0.05, 0) is 64.2 Å². The summed E-state index contributed by atoms with van der Waals surface area (Å²) in [5, 5.41) is 0. The summed E-state index contributed by atoms with van der Waals surface area (Å²) in [6.07, 6.45) is 39.7. The lowest BCUT2D eigenvalue weighted by Crippen LogP contribution is -2.48. The fourth-order valence-corrected chi connectivity index (χ4v) is 6.75. The summed E-state index contributed by atoms with van der Waals surface area (Å²) in [6.45, 7) is 9.41. The molecule has 0 atom stereocenters. The molecule has 0 saturated carbocycles. The zero-order valence-corrected chi connectivity index (χ0v) is 29.9. The molecule has 45 heavy (non-hydrogen) atoms. The molecule has 0 heterocycles. The topological polar surface area (TPSA) is 0 Å². The van der Waals surface area contributed by atoms with Crippen LogP contribution in [0.15, 0.2) is 85.0 Å². The van der Waals surface area contributed by atoms with Crippen molar-refractivity contribution in [3.05, 3.63) is 96.1 Å². The first kappa shape index (κ1) is 39.1. The normalized spacial score (nSPS) is 12.1. The molecule has 0 radical (unpaired) electrons. The van der Waals surface area contributed by atoms with Crippen LogP contribution in [-0.4, -0.2) is 17.6 Å². The van der Waals surface area contributed by atoms with E-state index in [1.807, 2.05) is 0 Å². The fraction of sp³-hybridized carbons (Fsp3) is 0.636. The van der Waals surface area contributed by atoms with Gasteiger partial charge in [0.2, 0.25) is 0 Å². The molecule has 0 saturated heterocycles. The molecule has 0 aliphatic carbocycles. The second-order valence-electron chi connectivity index (χ2n) is 13.8. The monoisotopic (exact) mass is 615 g/mol. The molecule has 0 aliphatic rings. The zero-order valence-electron chi connectivity index (χ0n) is 29.9. The van der Waals surface area contributed by atoms with Gasteiger partial charge in [0.25, 0.3) is 0 Å². The van der Waals surface area contributed by atoms with Crippen molar-refractivity contribution in [1.82, 2.24) is 0 Å². The molecule has 2 rings (SSSR count). The Bertz CT molecular complexity index is 864. The first-order chi connectivity index (χ1) is 22.3. The number of hydrogen-bond acceptors (Lipinski definition) is 0. The molecule has 2 aromatic rings. The number of unbranched alkanes of at least 4 members (excludes halogenated alkanes) is 18. The second-order valence-corrected chi connectivity index (χ2v) is 13.8. The van der Waals surface area contributed by atoms with Gasteiger partial charge in [-0.1, -0.05) is 176 Å². The van der Waals surface area contributed by atoms with Gasteiger partial charge in [-0.2, -0.15) is 0 Å². The van der Waals surface area contributed by atoms with Crippen molar-refractivity contribution in [2.24, 2.45) is 0 Å². The van der Waals surface area contributed by atoms with Gasteiger partial charge in [0.05, 0.1) is 13.1 Å². The molecule has 0 amide bonds. The van der Waals surface area contributed by atoms with Crippen molar-refractivity contribution in [3.8, 4) is 0 Å². The maximum absolute atomic E-state index is 2.47. The first-order valence-electron chi connectivity index (χ1n) is 19.5. The van der Waals surface area contributed by atoms with E-state index in [2.05, 4.69) is 98.8 Å². The molecule has 252 valence electrons. The average Bonchev–Trinajstić information content (AvgIpc) is 3.06. The van der Waals surface area contributed by atoms with Crippen LogP contribution < -0.4 is 0 Å². The highest BCUT2D eigenvalue weighted by Crippen LogP contribution is 2.24. The van der Waals surface area contributed by atoms with E-state index in [0.29, 0.717) is 0 Å². The van der Waals surface area contributed by atoms with Gasteiger partial charge in [0, 0.05) is 11.1 Å². The summed E-state index contributed by atoms with van der Waals surface area (Å²) in [6, 6.07) is 22.6. The summed E-state index contributed by atoms with van der Waals surface area (Å²) in [5.74, 6) is 0. The van der Waals surface area contributed by atoms with E-state index >= 15 is 0 Å². The minimum Gasteiger partial charge on any atom is -0.316 e. The Hall–Kier alpha value is -2.12. The summed E-state index contributed by atoms with van der Waals surface area (Å²) >= 11 is 0. The molecule has 1 heteroatoms. The molecule has 2 aromatic carbocycles. The minimum atomic E-state index is 1.14. The second kappa shape index (κ2) is 28.1. The standard InChI is InChI=1S/C44H72N/c1-3-5-7-9-11-13-15-17-19-21-23-25-33-39-45(41-43-35-29-27-30-36-43,42-44-37-31-28-32-38-44)40-34-26-24-22-20-18-16-14-12-10-8-6-4-2/h19-22,27-32,35-38H,3-18,23-26,33-34,39-42H2,1-2H3/q+1/b21-19+,22-20+. The number of quaternary nitrogens is 1. The molecule has 0 aromatic heterocycles. The highest BCUT2D eigenvalue weighted by atomic mass is 15.3. The predicted octanol–water partition coefficient (Wildman–Crippen LogP) is 13.9. The first-order valence-corrected chi connectivity index (χ1v) is 19.5. The van der Waals surface area contributed by atoms with E-state index in [0.717, 1.165) is 13.1 Å². The smallest absolute Gasteiger partial charge is 0.105 e. The van der Waals surface area contributed by atoms with E-state index in [-0.39, 0.29) is 0 Å². The lowest BCUT2D eigenvalue weighted by atomic mass is 10.1. The van der Waals surface area contributed by atoms with Crippen LogP contribution in [0.1, 0.15) is 166 Å². The molecular formula is C44H72N+. The number of nitrogens with zero attached hydrogens (tertiary/aromatic N) is 1. The third-order valence-electron chi connectivity index (χ3n) is 9.51. The summed E-state index contributed by atoms with van der Waals surface area (Å²) in [7, 11) is 0. The number of allylic oxidation sites excluding steroid dienone is 4. The van der Waals surface area contributed by atoms with E-state index in [1.165, 1.54) is 170 Å². The third kappa shape index (κ3) is 21.3. The Kier molecular flexibility index (Phi) is 24.4. The molecular weight excluding hydrogens is 542 g/mol. The van der Waals surface area contributed by atoms with Crippen molar-refractivity contribution in [1.29, 1.82) is 0 Å². The van der Waals surface area contributed by atoms with Crippen LogP contribution in [0.3, 0.4) is 0 Å². The average molecular weight is 615 g/mol. The summed E-state index contributed by atoms with van der Waals surface area (Å²) < 4.78 is 1.18. The van der Waals surface area contributed by atoms with Gasteiger partial charge in [-0.15, -0.1) is 0 Å². The summed E-state index contributed by atoms with van der Waals surface area (Å²) in [4.78, 5) is 0. The number of hydrogen-bond donors (Lipinski definition) is 0. The molecule has 0 N–H and O–H groups in total. The Labute approximate surface area is 281 Å². The highest BCUT2D eigenvalue weighted by Gasteiger charge is 2.27. The molecule has 0 bridgehead atoms. The van der Waals surface area contributed by atoms with Crippen molar-refractivity contribution < 1.29 is 4.48 Å². The van der Waals surface area contributed by atoms with E-state index in [4.69, 9.17) is 0 Å². The van der Waals surface area contributed by atoms with Gasteiger partial charge in [0.1, 0.15) is 13.1 Å². The van der Waals surface area contributed by atoms with Crippen LogP contribution in [-0.2, 0) is 13.1 Å². The molecule has 1 nitrogen and oxygen atoms in total. The maximum atomic E-state index is 2.47. The van der Waals surface area contributed by atoms with Crippen LogP contribution in [0, 0.1) is 0 Å². The Morgan fingerprint density at radius 3 is 1.04 bits per heavy atom. The van der Waals surface area contributed by atoms with Crippen LogP contribution in [0.2, 0.25) is 0 Å². The number of benzene rings is 2. The summed E-state index contributed by atoms with van der Waals surface area (Å²) in [5.41, 5.74) is 2.97. The Morgan fingerprint density at radius 2 is 0.689 bits per heavy atom. The molecule has 0 aliphatic heterocycles. The SMILES string of the molecule is CCCCCCCCC/C=C/CCCC[N+](CCCC/C=C/CCCCCCCCC)(Cc1ccccc1)Cc1ccccc1. The van der Waals surface area contributed by atoms with Crippen LogP contribution in [0.4, 0.5) is 0 Å². The lowest BCUT2D eigenvalue weighted by Gasteiger charge is -2.39. The van der Waals surface area contributed by atoms with Crippen molar-refractivity contribution in [2.45, 2.75) is 168 Å². The van der Waals surface area contributed by atoms with Gasteiger partial charge in [-0.3, -0.25) is 0 Å². The molecule has 0 fully saturated rings. The Morgan fingerprint density at radius 1 is 0.378 bits per heavy atom. The third-order valence-corrected chi connectivity index (χ3v) is 9.51. The van der Waals surface area contributed by atoms with E-state index < -0.39 is 0 Å². The number of rotatable bonds is 30. The zero-order chi connectivity index (χ0) is 31.9. The molecule has 0 unspecified atom stereocenters. The van der Waals surface area contributed by atoms with Gasteiger partial charge in [0.15, 0.2) is 0 Å². The van der Waals surface area contributed by atoms with Gasteiger partial charge >= 0.3 is 0 Å². The maximum Gasteiger partial charge on any atom is 0.105 e. The largest absolute Gasteiger partial charge is 0.316 e. The van der Waals surface area contributed by atoms with Crippen LogP contribution in [0.25, 0.3) is 0 Å². The van der Waals surface area contributed by atoms with E-state index in [9.17, 15) is 0 Å². The van der Waals surface area contributed by atoms with Crippen LogP contribution >= 0.6 is 0 Å². The van der Waals surface area contributed by atoms with Crippen molar-refractivity contribution in [2.75, 3.05) is 13.1 Å². The molecule has 0 spiro atoms. The van der Waals surface area contributed by atoms with Gasteiger partial charge < -0.3 is 4.48 Å². The van der Waals surface area contributed by atoms with Crippen molar-refractivity contribution >= 4 is 0 Å².